The van der Waals surface area contributed by atoms with Crippen molar-refractivity contribution in [3.8, 4) is 0 Å². The summed E-state index contributed by atoms with van der Waals surface area (Å²) in [5.41, 5.74) is 0.855. The maximum absolute atomic E-state index is 11.8. The molecule has 1 saturated heterocycles. The van der Waals surface area contributed by atoms with Crippen molar-refractivity contribution < 1.29 is 13.3 Å². The molecule has 1 aromatic carbocycles. The summed E-state index contributed by atoms with van der Waals surface area (Å²) in [6.07, 6.45) is 1.60. The van der Waals surface area contributed by atoms with Crippen LogP contribution < -0.4 is 10.2 Å². The summed E-state index contributed by atoms with van der Waals surface area (Å²) < 4.78 is 23.7. The highest BCUT2D eigenvalue weighted by Gasteiger charge is 2.33. The number of quaternary nitrogens is 1. The number of hydrogen-bond acceptors (Lipinski definition) is 3. The van der Waals surface area contributed by atoms with Gasteiger partial charge in [-0.05, 0) is 42.9 Å². The van der Waals surface area contributed by atoms with Crippen LogP contribution in [0.25, 0.3) is 0 Å². The fourth-order valence-electron chi connectivity index (χ4n) is 2.80. The molecule has 1 atom stereocenters. The summed E-state index contributed by atoms with van der Waals surface area (Å²) in [6, 6.07) is 7.28. The third-order valence-corrected chi connectivity index (χ3v) is 6.42. The molecule has 1 aromatic rings. The van der Waals surface area contributed by atoms with E-state index in [0.717, 1.165) is 25.2 Å². The Morgan fingerprint density at radius 1 is 1.38 bits per heavy atom. The zero-order chi connectivity index (χ0) is 17.7. The molecule has 1 fully saturated rings. The van der Waals surface area contributed by atoms with Crippen molar-refractivity contribution in [1.29, 1.82) is 0 Å². The molecule has 0 aromatic heterocycles. The van der Waals surface area contributed by atoms with E-state index in [9.17, 15) is 8.42 Å². The minimum absolute atomic E-state index is 0.0422. The molecule has 2 rings (SSSR count). The molecule has 0 bridgehead atoms. The van der Waals surface area contributed by atoms with Gasteiger partial charge in [0.05, 0.1) is 32.1 Å². The van der Waals surface area contributed by atoms with E-state index in [1.54, 1.807) is 12.1 Å². The average Bonchev–Trinajstić information content (AvgIpc) is 2.85. The number of anilines is 1. The highest BCUT2D eigenvalue weighted by Crippen LogP contribution is 2.20. The molecule has 1 heterocycles. The van der Waals surface area contributed by atoms with Gasteiger partial charge in [0.25, 0.3) is 0 Å². The standard InChI is InChI=1S/C16H24ClN3O2S2/c1-19(2)9-3-10-20(15-8-11-24(21,22)12-15)16(23)18-14-6-4-13(17)5-7-14/h4-7,15H,3,8-12H2,1-2H3,(H,18,23)/p+1/t15-/m0/s1. The maximum atomic E-state index is 11.8. The summed E-state index contributed by atoms with van der Waals surface area (Å²) in [5, 5.41) is 4.45. The molecule has 0 unspecified atom stereocenters. The smallest absolute Gasteiger partial charge is 0.173 e. The predicted molar refractivity (Wildman–Crippen MR) is 104 cm³/mol. The summed E-state index contributed by atoms with van der Waals surface area (Å²) in [6.45, 7) is 1.77. The summed E-state index contributed by atoms with van der Waals surface area (Å²) >= 11 is 11.5. The number of hydrogen-bond donors (Lipinski definition) is 2. The van der Waals surface area contributed by atoms with Crippen LogP contribution in [0.3, 0.4) is 0 Å². The molecule has 2 N–H and O–H groups in total. The first kappa shape index (κ1) is 19.4. The molecular formula is C16H25ClN3O2S2+. The van der Waals surface area contributed by atoms with Crippen LogP contribution in [-0.4, -0.2) is 63.2 Å². The largest absolute Gasteiger partial charge is 0.345 e. The van der Waals surface area contributed by atoms with Crippen LogP contribution in [0.4, 0.5) is 5.69 Å². The Kier molecular flexibility index (Phi) is 6.86. The third kappa shape index (κ3) is 5.88. The first-order chi connectivity index (χ1) is 11.3. The zero-order valence-electron chi connectivity index (χ0n) is 14.1. The van der Waals surface area contributed by atoms with E-state index in [1.165, 1.54) is 4.90 Å². The number of rotatable bonds is 6. The lowest BCUT2D eigenvalue weighted by Crippen LogP contribution is -3.05. The van der Waals surface area contributed by atoms with Gasteiger partial charge in [-0.1, -0.05) is 11.6 Å². The Bertz CT molecular complexity index is 662. The van der Waals surface area contributed by atoms with Crippen LogP contribution >= 0.6 is 23.8 Å². The number of thiocarbonyl (C=S) groups is 1. The van der Waals surface area contributed by atoms with E-state index in [-0.39, 0.29) is 17.5 Å². The number of sulfone groups is 1. The van der Waals surface area contributed by atoms with Gasteiger partial charge in [-0.2, -0.15) is 0 Å². The lowest BCUT2D eigenvalue weighted by atomic mass is 10.2. The highest BCUT2D eigenvalue weighted by molar-refractivity contribution is 7.91. The van der Waals surface area contributed by atoms with Gasteiger partial charge in [-0.15, -0.1) is 0 Å². The van der Waals surface area contributed by atoms with Crippen molar-refractivity contribution in [1.82, 2.24) is 4.90 Å². The Hall–Kier alpha value is -0.890. The second-order valence-corrected chi connectivity index (χ2v) is 9.55. The summed E-state index contributed by atoms with van der Waals surface area (Å²) in [4.78, 5) is 3.41. The monoisotopic (exact) mass is 390 g/mol. The molecule has 5 nitrogen and oxygen atoms in total. The topological polar surface area (TPSA) is 53.9 Å². The number of benzene rings is 1. The second kappa shape index (κ2) is 8.47. The number of halogens is 1. The zero-order valence-corrected chi connectivity index (χ0v) is 16.5. The first-order valence-electron chi connectivity index (χ1n) is 8.09. The summed E-state index contributed by atoms with van der Waals surface area (Å²) in [5.74, 6) is 0.431. The lowest BCUT2D eigenvalue weighted by molar-refractivity contribution is -0.858. The van der Waals surface area contributed by atoms with Crippen LogP contribution in [0.1, 0.15) is 12.8 Å². The van der Waals surface area contributed by atoms with Gasteiger partial charge in [0.1, 0.15) is 0 Å². The van der Waals surface area contributed by atoms with Gasteiger partial charge >= 0.3 is 0 Å². The van der Waals surface area contributed by atoms with E-state index in [1.807, 2.05) is 17.0 Å². The fourth-order valence-corrected chi connectivity index (χ4v) is 5.02. The molecule has 0 amide bonds. The molecule has 0 radical (unpaired) electrons. The van der Waals surface area contributed by atoms with E-state index in [4.69, 9.17) is 23.8 Å². The SMILES string of the molecule is C[NH+](C)CCCN(C(=S)Nc1ccc(Cl)cc1)[C@H]1CCS(=O)(=O)C1. The van der Waals surface area contributed by atoms with Crippen molar-refractivity contribution in [2.24, 2.45) is 0 Å². The molecule has 0 spiro atoms. The normalized spacial score (nSPS) is 19.4. The Morgan fingerprint density at radius 2 is 2.04 bits per heavy atom. The molecule has 1 aliphatic heterocycles. The van der Waals surface area contributed by atoms with Gasteiger partial charge in [0.15, 0.2) is 14.9 Å². The van der Waals surface area contributed by atoms with Crippen LogP contribution in [0.2, 0.25) is 5.02 Å². The predicted octanol–water partition coefficient (Wildman–Crippen LogP) is 1.06. The molecule has 8 heteroatoms. The molecule has 134 valence electrons. The van der Waals surface area contributed by atoms with E-state index in [0.29, 0.717) is 16.6 Å². The minimum atomic E-state index is -2.95. The van der Waals surface area contributed by atoms with Gasteiger partial charge in [0.2, 0.25) is 0 Å². The van der Waals surface area contributed by atoms with Crippen LogP contribution in [-0.2, 0) is 9.84 Å². The van der Waals surface area contributed by atoms with E-state index < -0.39 is 9.84 Å². The highest BCUT2D eigenvalue weighted by atomic mass is 35.5. The number of nitrogens with zero attached hydrogens (tertiary/aromatic N) is 1. The van der Waals surface area contributed by atoms with Crippen LogP contribution in [0, 0.1) is 0 Å². The van der Waals surface area contributed by atoms with Crippen molar-refractivity contribution in [3.05, 3.63) is 29.3 Å². The number of nitrogens with one attached hydrogen (secondary N) is 2. The Morgan fingerprint density at radius 3 is 2.58 bits per heavy atom. The van der Waals surface area contributed by atoms with Crippen molar-refractivity contribution in [2.75, 3.05) is 44.0 Å². The van der Waals surface area contributed by atoms with Gasteiger partial charge in [0, 0.05) is 29.7 Å². The maximum Gasteiger partial charge on any atom is 0.173 e. The van der Waals surface area contributed by atoms with Gasteiger partial charge in [-0.25, -0.2) is 8.42 Å². The first-order valence-corrected chi connectivity index (χ1v) is 10.7. The molecule has 0 saturated carbocycles. The van der Waals surface area contributed by atoms with Crippen LogP contribution in [0.5, 0.6) is 0 Å². The lowest BCUT2D eigenvalue weighted by Gasteiger charge is -2.31. The van der Waals surface area contributed by atoms with Crippen molar-refractivity contribution in [2.45, 2.75) is 18.9 Å². The molecule has 24 heavy (non-hydrogen) atoms. The van der Waals surface area contributed by atoms with E-state index in [2.05, 4.69) is 19.4 Å². The Labute approximate surface area is 154 Å². The van der Waals surface area contributed by atoms with Crippen LogP contribution in [0.15, 0.2) is 24.3 Å². The quantitative estimate of drug-likeness (QED) is 0.711. The summed E-state index contributed by atoms with van der Waals surface area (Å²) in [7, 11) is 1.27. The third-order valence-electron chi connectivity index (χ3n) is 4.08. The average molecular weight is 391 g/mol. The van der Waals surface area contributed by atoms with Crippen molar-refractivity contribution >= 4 is 44.5 Å². The van der Waals surface area contributed by atoms with Gasteiger partial charge < -0.3 is 15.1 Å². The van der Waals surface area contributed by atoms with Gasteiger partial charge in [-0.3, -0.25) is 0 Å². The molecular weight excluding hydrogens is 366 g/mol. The Balaban J connectivity index is 2.05. The van der Waals surface area contributed by atoms with E-state index >= 15 is 0 Å². The van der Waals surface area contributed by atoms with Crippen molar-refractivity contribution in [3.63, 3.8) is 0 Å². The second-order valence-electron chi connectivity index (χ2n) is 6.50. The molecule has 0 aliphatic carbocycles. The molecule has 1 aliphatic rings. The minimum Gasteiger partial charge on any atom is -0.345 e. The fraction of sp³-hybridized carbons (Fsp3) is 0.562.